The molecule has 2 heterocycles. The molecule has 2 aromatic rings. The van der Waals surface area contributed by atoms with E-state index in [0.717, 1.165) is 31.1 Å². The van der Waals surface area contributed by atoms with Crippen LogP contribution in [0.2, 0.25) is 0 Å². The van der Waals surface area contributed by atoms with Crippen LogP contribution in [0.4, 0.5) is 5.69 Å². The minimum Gasteiger partial charge on any atom is -0.337 e. The van der Waals surface area contributed by atoms with E-state index >= 15 is 0 Å². The number of benzene rings is 1. The highest BCUT2D eigenvalue weighted by Gasteiger charge is 2.28. The summed E-state index contributed by atoms with van der Waals surface area (Å²) in [4.78, 5) is 19.2. The molecule has 26 heavy (non-hydrogen) atoms. The number of nitrogens with one attached hydrogen (secondary N) is 2. The summed E-state index contributed by atoms with van der Waals surface area (Å²) < 4.78 is 2.02. The largest absolute Gasteiger partial charge is 0.337 e. The zero-order chi connectivity index (χ0) is 17.8. The van der Waals surface area contributed by atoms with Gasteiger partial charge in [-0.1, -0.05) is 26.0 Å². The van der Waals surface area contributed by atoms with E-state index in [0.29, 0.717) is 12.5 Å². The fourth-order valence-electron chi connectivity index (χ4n) is 3.25. The highest BCUT2D eigenvalue weighted by molar-refractivity contribution is 5.92. The van der Waals surface area contributed by atoms with Crippen LogP contribution < -0.4 is 10.6 Å². The zero-order valence-corrected chi connectivity index (χ0v) is 16.4. The Morgan fingerprint density at radius 1 is 1.42 bits per heavy atom. The molecule has 3 rings (SSSR count). The van der Waals surface area contributed by atoms with Gasteiger partial charge < -0.3 is 15.2 Å². The maximum Gasteiger partial charge on any atom is 0.238 e. The normalized spacial score (nSPS) is 17.8. The summed E-state index contributed by atoms with van der Waals surface area (Å²) in [6.45, 7) is 7.19. The van der Waals surface area contributed by atoms with Crippen LogP contribution in [0.15, 0.2) is 36.7 Å². The number of aryl methyl sites for hydroxylation is 1. The number of halogens is 1. The van der Waals surface area contributed by atoms with Gasteiger partial charge in [0.15, 0.2) is 0 Å². The fraction of sp³-hybridized carbons (Fsp3) is 0.474. The van der Waals surface area contributed by atoms with Crippen LogP contribution in [0.5, 0.6) is 0 Å². The van der Waals surface area contributed by atoms with Gasteiger partial charge in [-0.3, -0.25) is 9.69 Å². The number of aromatic nitrogens is 2. The molecule has 1 fully saturated rings. The van der Waals surface area contributed by atoms with Crippen molar-refractivity contribution in [1.82, 2.24) is 19.8 Å². The van der Waals surface area contributed by atoms with Crippen LogP contribution in [0.3, 0.4) is 0 Å². The molecule has 0 saturated carbocycles. The molecule has 1 aromatic carbocycles. The first kappa shape index (κ1) is 20.4. The third kappa shape index (κ3) is 4.84. The molecule has 7 heteroatoms. The Hall–Kier alpha value is -1.89. The summed E-state index contributed by atoms with van der Waals surface area (Å²) in [5.74, 6) is 1.45. The standard InChI is InChI=1S/C19H27N5O.ClH/c1-14(2)15-5-4-6-16(11-15)22-18(25)13-24-10-7-20-12-17(24)19-21-8-9-23(19)3;/h4-6,8-9,11,14,17,20H,7,10,12-13H2,1-3H3,(H,22,25);1H. The van der Waals surface area contributed by atoms with E-state index in [9.17, 15) is 4.79 Å². The number of nitrogens with zero attached hydrogens (tertiary/aromatic N) is 3. The van der Waals surface area contributed by atoms with E-state index in [1.165, 1.54) is 5.56 Å². The number of hydrogen-bond donors (Lipinski definition) is 2. The molecule has 1 unspecified atom stereocenters. The minimum absolute atomic E-state index is 0. The second-order valence-electron chi connectivity index (χ2n) is 6.92. The third-order valence-electron chi connectivity index (χ3n) is 4.69. The lowest BCUT2D eigenvalue weighted by Gasteiger charge is -2.35. The van der Waals surface area contributed by atoms with Gasteiger partial charge >= 0.3 is 0 Å². The van der Waals surface area contributed by atoms with Gasteiger partial charge in [0, 0.05) is 44.8 Å². The number of piperazine rings is 1. The molecule has 1 aliphatic heterocycles. The number of hydrogen-bond acceptors (Lipinski definition) is 4. The second-order valence-corrected chi connectivity index (χ2v) is 6.92. The number of imidazole rings is 1. The molecule has 1 atom stereocenters. The Bertz CT molecular complexity index is 730. The molecule has 6 nitrogen and oxygen atoms in total. The first-order valence-corrected chi connectivity index (χ1v) is 8.86. The van der Waals surface area contributed by atoms with Gasteiger partial charge in [0.25, 0.3) is 0 Å². The number of carbonyl (C=O) groups excluding carboxylic acids is 1. The average Bonchev–Trinajstić information content (AvgIpc) is 3.01. The first-order valence-electron chi connectivity index (χ1n) is 8.86. The second kappa shape index (κ2) is 9.16. The molecular weight excluding hydrogens is 350 g/mol. The van der Waals surface area contributed by atoms with Crippen molar-refractivity contribution < 1.29 is 4.79 Å². The van der Waals surface area contributed by atoms with Crippen LogP contribution in [-0.2, 0) is 11.8 Å². The Kier molecular flexibility index (Phi) is 7.20. The molecule has 1 amide bonds. The lowest BCUT2D eigenvalue weighted by molar-refractivity contribution is -0.118. The van der Waals surface area contributed by atoms with E-state index in [4.69, 9.17) is 0 Å². The highest BCUT2D eigenvalue weighted by atomic mass is 35.5. The molecule has 1 aliphatic rings. The molecular formula is C19H28ClN5O. The lowest BCUT2D eigenvalue weighted by atomic mass is 10.0. The predicted octanol–water partition coefficient (Wildman–Crippen LogP) is 2.55. The van der Waals surface area contributed by atoms with E-state index in [1.807, 2.05) is 29.9 Å². The summed E-state index contributed by atoms with van der Waals surface area (Å²) in [6, 6.07) is 8.19. The van der Waals surface area contributed by atoms with E-state index in [2.05, 4.69) is 46.5 Å². The molecule has 2 N–H and O–H groups in total. The summed E-state index contributed by atoms with van der Waals surface area (Å²) >= 11 is 0. The maximum absolute atomic E-state index is 12.6. The predicted molar refractivity (Wildman–Crippen MR) is 107 cm³/mol. The van der Waals surface area contributed by atoms with Gasteiger partial charge in [0.05, 0.1) is 12.6 Å². The van der Waals surface area contributed by atoms with E-state index < -0.39 is 0 Å². The molecule has 0 bridgehead atoms. The molecule has 0 spiro atoms. The Balaban J connectivity index is 0.00000243. The quantitative estimate of drug-likeness (QED) is 0.840. The topological polar surface area (TPSA) is 62.2 Å². The monoisotopic (exact) mass is 377 g/mol. The maximum atomic E-state index is 12.6. The SMILES string of the molecule is CC(C)c1cccc(NC(=O)CN2CCNCC2c2nccn2C)c1.Cl. The van der Waals surface area contributed by atoms with Gasteiger partial charge in [-0.25, -0.2) is 4.98 Å². The summed E-state index contributed by atoms with van der Waals surface area (Å²) in [7, 11) is 1.99. The lowest BCUT2D eigenvalue weighted by Crippen LogP contribution is -2.49. The van der Waals surface area contributed by atoms with Crippen molar-refractivity contribution in [3.05, 3.63) is 48.0 Å². The van der Waals surface area contributed by atoms with Crippen molar-refractivity contribution in [2.45, 2.75) is 25.8 Å². The average molecular weight is 378 g/mol. The molecule has 0 aliphatic carbocycles. The van der Waals surface area contributed by atoms with Gasteiger partial charge in [-0.15, -0.1) is 12.4 Å². The summed E-state index contributed by atoms with van der Waals surface area (Å²) in [6.07, 6.45) is 3.75. The number of rotatable bonds is 5. The van der Waals surface area contributed by atoms with Crippen LogP contribution in [-0.4, -0.2) is 46.5 Å². The Labute approximate surface area is 161 Å². The summed E-state index contributed by atoms with van der Waals surface area (Å²) in [5, 5.41) is 6.43. The van der Waals surface area contributed by atoms with E-state index in [1.54, 1.807) is 6.20 Å². The minimum atomic E-state index is 0. The highest BCUT2D eigenvalue weighted by Crippen LogP contribution is 2.21. The Morgan fingerprint density at radius 3 is 2.92 bits per heavy atom. The van der Waals surface area contributed by atoms with Gasteiger partial charge in [0.1, 0.15) is 5.82 Å². The number of carbonyl (C=O) groups is 1. The van der Waals surface area contributed by atoms with Crippen molar-refractivity contribution in [2.24, 2.45) is 7.05 Å². The third-order valence-corrected chi connectivity index (χ3v) is 4.69. The molecule has 1 aromatic heterocycles. The van der Waals surface area contributed by atoms with Crippen molar-refractivity contribution in [3.63, 3.8) is 0 Å². The zero-order valence-electron chi connectivity index (χ0n) is 15.6. The van der Waals surface area contributed by atoms with Crippen molar-refractivity contribution in [1.29, 1.82) is 0 Å². The van der Waals surface area contributed by atoms with Gasteiger partial charge in [-0.2, -0.15) is 0 Å². The van der Waals surface area contributed by atoms with Crippen molar-refractivity contribution >= 4 is 24.0 Å². The van der Waals surface area contributed by atoms with Crippen LogP contribution in [0.1, 0.15) is 37.2 Å². The smallest absolute Gasteiger partial charge is 0.238 e. The van der Waals surface area contributed by atoms with Crippen LogP contribution in [0.25, 0.3) is 0 Å². The number of anilines is 1. The first-order chi connectivity index (χ1) is 12.0. The van der Waals surface area contributed by atoms with Gasteiger partial charge in [-0.05, 0) is 23.6 Å². The van der Waals surface area contributed by atoms with E-state index in [-0.39, 0.29) is 24.4 Å². The molecule has 142 valence electrons. The fourth-order valence-corrected chi connectivity index (χ4v) is 3.25. The van der Waals surface area contributed by atoms with Crippen LogP contribution in [0, 0.1) is 0 Å². The number of amides is 1. The van der Waals surface area contributed by atoms with Crippen molar-refractivity contribution in [3.8, 4) is 0 Å². The van der Waals surface area contributed by atoms with Crippen LogP contribution >= 0.6 is 12.4 Å². The molecule has 1 saturated heterocycles. The summed E-state index contributed by atoms with van der Waals surface area (Å²) in [5.41, 5.74) is 2.09. The Morgan fingerprint density at radius 2 is 2.23 bits per heavy atom. The van der Waals surface area contributed by atoms with Crippen molar-refractivity contribution in [2.75, 3.05) is 31.5 Å². The molecule has 0 radical (unpaired) electrons. The van der Waals surface area contributed by atoms with Gasteiger partial charge in [0.2, 0.25) is 5.91 Å².